The van der Waals surface area contributed by atoms with Crippen molar-refractivity contribution < 1.29 is 28.6 Å². The third kappa shape index (κ3) is 31.8. The van der Waals surface area contributed by atoms with Gasteiger partial charge in [0.05, 0.1) is 26.1 Å². The van der Waals surface area contributed by atoms with Gasteiger partial charge in [-0.1, -0.05) is 143 Å². The van der Waals surface area contributed by atoms with E-state index in [0.29, 0.717) is 32.5 Å². The molecule has 0 atom stereocenters. The second kappa shape index (κ2) is 30.5. The smallest absolute Gasteiger partial charge is 0.306 e. The van der Waals surface area contributed by atoms with Gasteiger partial charge in [-0.2, -0.15) is 0 Å². The van der Waals surface area contributed by atoms with E-state index in [0.717, 1.165) is 64.3 Å². The minimum absolute atomic E-state index is 0.147. The number of allylic oxidation sites excluding steroid dienone is 4. The van der Waals surface area contributed by atoms with Crippen LogP contribution in [-0.2, 0) is 28.6 Å². The summed E-state index contributed by atoms with van der Waals surface area (Å²) in [6.07, 6.45) is 29.8. The number of carbonyl (C=O) groups is 3. The fourth-order valence-electron chi connectivity index (χ4n) is 5.87. The molecule has 0 saturated carbocycles. The lowest BCUT2D eigenvalue weighted by atomic mass is 9.88. The van der Waals surface area contributed by atoms with Crippen LogP contribution in [0.15, 0.2) is 24.3 Å². The number of unbranched alkanes of at least 4 members (excludes halogenated alkanes) is 12. The van der Waals surface area contributed by atoms with E-state index in [1.165, 1.54) is 64.2 Å². The van der Waals surface area contributed by atoms with E-state index >= 15 is 0 Å². The molecule has 0 heterocycles. The van der Waals surface area contributed by atoms with Crippen LogP contribution < -0.4 is 0 Å². The quantitative estimate of drug-likeness (QED) is 0.0291. The lowest BCUT2D eigenvalue weighted by Gasteiger charge is -2.21. The molecule has 292 valence electrons. The van der Waals surface area contributed by atoms with Crippen molar-refractivity contribution in [3.63, 3.8) is 0 Å². The molecule has 0 aromatic carbocycles. The molecular weight excluding hydrogens is 626 g/mol. The summed E-state index contributed by atoms with van der Waals surface area (Å²) in [6, 6.07) is 0. The average Bonchev–Trinajstić information content (AvgIpc) is 3.03. The van der Waals surface area contributed by atoms with Crippen molar-refractivity contribution in [2.24, 2.45) is 10.8 Å². The Kier molecular flexibility index (Phi) is 29.2. The maximum absolute atomic E-state index is 12.7. The van der Waals surface area contributed by atoms with Crippen LogP contribution in [0.2, 0.25) is 0 Å². The zero-order chi connectivity index (χ0) is 37.5. The summed E-state index contributed by atoms with van der Waals surface area (Å²) < 4.78 is 17.0. The summed E-state index contributed by atoms with van der Waals surface area (Å²) in [6.45, 7) is 14.5. The SMILES string of the molecule is CCCCCCCCCOC(=O)CC(C)(C)/C=C/CCC(CC/C=C/C(C)(C)CC(=O)OCCCCCCCCC)OC(=O)CCCN(C)C. The van der Waals surface area contributed by atoms with Crippen molar-refractivity contribution in [2.45, 2.75) is 189 Å². The largest absolute Gasteiger partial charge is 0.466 e. The third-order valence-electron chi connectivity index (χ3n) is 8.95. The molecule has 0 aliphatic heterocycles. The fraction of sp³-hybridized carbons (Fsp3) is 0.837. The van der Waals surface area contributed by atoms with Crippen molar-refractivity contribution >= 4 is 17.9 Å². The van der Waals surface area contributed by atoms with Gasteiger partial charge >= 0.3 is 17.9 Å². The molecule has 0 saturated heterocycles. The molecule has 50 heavy (non-hydrogen) atoms. The highest BCUT2D eigenvalue weighted by Gasteiger charge is 2.21. The van der Waals surface area contributed by atoms with Crippen LogP contribution >= 0.6 is 0 Å². The number of hydrogen-bond donors (Lipinski definition) is 0. The highest BCUT2D eigenvalue weighted by atomic mass is 16.5. The Morgan fingerprint density at radius 2 is 0.980 bits per heavy atom. The lowest BCUT2D eigenvalue weighted by molar-refractivity contribution is -0.150. The van der Waals surface area contributed by atoms with Gasteiger partial charge in [-0.3, -0.25) is 14.4 Å². The predicted octanol–water partition coefficient (Wildman–Crippen LogP) is 11.3. The van der Waals surface area contributed by atoms with Gasteiger partial charge in [0, 0.05) is 6.42 Å². The molecule has 0 spiro atoms. The first-order chi connectivity index (χ1) is 23.8. The topological polar surface area (TPSA) is 82.1 Å². The number of carbonyl (C=O) groups excluding carboxylic acids is 3. The van der Waals surface area contributed by atoms with Crippen molar-refractivity contribution in [1.82, 2.24) is 4.90 Å². The summed E-state index contributed by atoms with van der Waals surface area (Å²) >= 11 is 0. The second-order valence-electron chi connectivity index (χ2n) is 16.0. The molecule has 7 nitrogen and oxygen atoms in total. The second-order valence-corrected chi connectivity index (χ2v) is 16.0. The van der Waals surface area contributed by atoms with Gasteiger partial charge in [-0.25, -0.2) is 0 Å². The average molecular weight is 706 g/mol. The van der Waals surface area contributed by atoms with E-state index in [1.54, 1.807) is 0 Å². The van der Waals surface area contributed by atoms with E-state index in [4.69, 9.17) is 14.2 Å². The van der Waals surface area contributed by atoms with Crippen LogP contribution in [0.4, 0.5) is 0 Å². The lowest BCUT2D eigenvalue weighted by Crippen LogP contribution is -2.20. The van der Waals surface area contributed by atoms with Gasteiger partial charge in [-0.05, 0) is 76.4 Å². The molecular formula is C43H79NO6. The summed E-state index contributed by atoms with van der Waals surface area (Å²) in [7, 11) is 4.00. The number of rotatable bonds is 33. The van der Waals surface area contributed by atoms with Crippen LogP contribution in [0.25, 0.3) is 0 Å². The minimum Gasteiger partial charge on any atom is -0.466 e. The normalized spacial score (nSPS) is 12.4. The Labute approximate surface area is 308 Å². The van der Waals surface area contributed by atoms with Crippen LogP contribution in [0.1, 0.15) is 183 Å². The first-order valence-electron chi connectivity index (χ1n) is 20.3. The molecule has 0 aliphatic carbocycles. The number of ether oxygens (including phenoxy) is 3. The Bertz CT molecular complexity index is 862. The summed E-state index contributed by atoms with van der Waals surface area (Å²) in [4.78, 5) is 39.6. The van der Waals surface area contributed by atoms with Crippen molar-refractivity contribution in [3.8, 4) is 0 Å². The molecule has 0 aromatic heterocycles. The summed E-state index contributed by atoms with van der Waals surface area (Å²) in [5.41, 5.74) is -0.612. The van der Waals surface area contributed by atoms with E-state index in [1.807, 2.05) is 14.1 Å². The number of nitrogens with zero attached hydrogens (tertiary/aromatic N) is 1. The van der Waals surface area contributed by atoms with Crippen molar-refractivity contribution in [2.75, 3.05) is 33.9 Å². The fourth-order valence-corrected chi connectivity index (χ4v) is 5.87. The van der Waals surface area contributed by atoms with Crippen LogP contribution in [-0.4, -0.2) is 62.8 Å². The Morgan fingerprint density at radius 3 is 1.38 bits per heavy atom. The van der Waals surface area contributed by atoms with E-state index in [-0.39, 0.29) is 34.8 Å². The molecule has 0 aliphatic rings. The molecule has 0 bridgehead atoms. The highest BCUT2D eigenvalue weighted by Crippen LogP contribution is 2.25. The molecule has 0 radical (unpaired) electrons. The molecule has 0 fully saturated rings. The summed E-state index contributed by atoms with van der Waals surface area (Å²) in [5, 5.41) is 0. The zero-order valence-electron chi connectivity index (χ0n) is 34.0. The number of esters is 3. The maximum Gasteiger partial charge on any atom is 0.306 e. The van der Waals surface area contributed by atoms with Gasteiger partial charge in [0.1, 0.15) is 6.10 Å². The van der Waals surface area contributed by atoms with E-state index < -0.39 is 0 Å². The van der Waals surface area contributed by atoms with Gasteiger partial charge < -0.3 is 19.1 Å². The summed E-state index contributed by atoms with van der Waals surface area (Å²) in [5.74, 6) is -0.449. The van der Waals surface area contributed by atoms with Crippen LogP contribution in [0, 0.1) is 10.8 Å². The number of hydrogen-bond acceptors (Lipinski definition) is 7. The first kappa shape index (κ1) is 47.8. The predicted molar refractivity (Wildman–Crippen MR) is 209 cm³/mol. The monoisotopic (exact) mass is 706 g/mol. The first-order valence-corrected chi connectivity index (χ1v) is 20.3. The minimum atomic E-state index is -0.306. The standard InChI is InChI=1S/C43H79NO6/c1-9-11-13-15-17-19-25-34-48-40(46)36-42(3,4)31-23-21-28-38(50-39(45)30-27-33-44(7)8)29-22-24-32-43(5,6)37-41(47)49-35-26-20-18-16-14-12-10-2/h23-24,31-32,38H,9-22,25-30,33-37H2,1-8H3/b31-23+,32-24+. The Hall–Kier alpha value is -2.15. The Balaban J connectivity index is 4.76. The zero-order valence-corrected chi connectivity index (χ0v) is 34.0. The van der Waals surface area contributed by atoms with E-state index in [2.05, 4.69) is 70.7 Å². The van der Waals surface area contributed by atoms with Crippen LogP contribution in [0.5, 0.6) is 0 Å². The van der Waals surface area contributed by atoms with Gasteiger partial charge in [0.25, 0.3) is 0 Å². The molecule has 0 amide bonds. The van der Waals surface area contributed by atoms with Gasteiger partial charge in [0.2, 0.25) is 0 Å². The molecule has 0 rings (SSSR count). The molecule has 0 unspecified atom stereocenters. The Morgan fingerprint density at radius 1 is 0.580 bits per heavy atom. The maximum atomic E-state index is 12.7. The van der Waals surface area contributed by atoms with Crippen molar-refractivity contribution in [1.29, 1.82) is 0 Å². The van der Waals surface area contributed by atoms with Crippen LogP contribution in [0.3, 0.4) is 0 Å². The van der Waals surface area contributed by atoms with E-state index in [9.17, 15) is 14.4 Å². The van der Waals surface area contributed by atoms with Gasteiger partial charge in [-0.15, -0.1) is 0 Å². The highest BCUT2D eigenvalue weighted by molar-refractivity contribution is 5.71. The molecule has 0 aromatic rings. The van der Waals surface area contributed by atoms with Gasteiger partial charge in [0.15, 0.2) is 0 Å². The molecule has 0 N–H and O–H groups in total. The molecule has 7 heteroatoms. The van der Waals surface area contributed by atoms with Crippen molar-refractivity contribution in [3.05, 3.63) is 24.3 Å². The third-order valence-corrected chi connectivity index (χ3v) is 8.95.